The van der Waals surface area contributed by atoms with E-state index in [4.69, 9.17) is 21.4 Å². The number of aliphatic carboxylic acids is 1. The lowest BCUT2D eigenvalue weighted by molar-refractivity contribution is -0.136. The predicted octanol–water partition coefficient (Wildman–Crippen LogP) is 3.69. The molecule has 0 atom stereocenters. The Morgan fingerprint density at radius 1 is 1.21 bits per heavy atom. The van der Waals surface area contributed by atoms with E-state index in [-0.39, 0.29) is 33.6 Å². The van der Waals surface area contributed by atoms with Crippen molar-refractivity contribution in [1.82, 2.24) is 0 Å². The average molecular weight is 373 g/mol. The summed E-state index contributed by atoms with van der Waals surface area (Å²) in [7, 11) is -3.42. The number of halogens is 2. The highest BCUT2D eigenvalue weighted by Crippen LogP contribution is 2.33. The molecule has 128 valence electrons. The summed E-state index contributed by atoms with van der Waals surface area (Å²) in [6.45, 7) is 1.51. The maximum Gasteiger partial charge on any atom is 0.307 e. The Kier molecular flexibility index (Phi) is 5.46. The monoisotopic (exact) mass is 372 g/mol. The van der Waals surface area contributed by atoms with E-state index in [0.717, 1.165) is 6.07 Å². The summed E-state index contributed by atoms with van der Waals surface area (Å²) in [6.07, 6.45) is -0.280. The molecule has 0 bridgehead atoms. The number of ether oxygens (including phenoxy) is 1. The number of hydrogen-bond donors (Lipinski definition) is 1. The van der Waals surface area contributed by atoms with Gasteiger partial charge in [0.2, 0.25) is 0 Å². The van der Waals surface area contributed by atoms with Gasteiger partial charge in [-0.15, -0.1) is 0 Å². The first-order valence-corrected chi connectivity index (χ1v) is 8.96. The molecule has 0 heterocycles. The Hall–Kier alpha value is -2.12. The van der Waals surface area contributed by atoms with Gasteiger partial charge in [0, 0.05) is 0 Å². The second-order valence-electron chi connectivity index (χ2n) is 4.93. The maximum atomic E-state index is 13.8. The van der Waals surface area contributed by atoms with Crippen LogP contribution >= 0.6 is 11.6 Å². The van der Waals surface area contributed by atoms with Crippen molar-refractivity contribution in [3.8, 4) is 11.5 Å². The van der Waals surface area contributed by atoms with Gasteiger partial charge in [0.15, 0.2) is 21.4 Å². The summed E-state index contributed by atoms with van der Waals surface area (Å²) in [5, 5.41) is 8.79. The van der Waals surface area contributed by atoms with Gasteiger partial charge in [0.05, 0.1) is 22.1 Å². The summed E-state index contributed by atoms with van der Waals surface area (Å²) in [5.41, 5.74) is 0.361. The molecule has 0 fully saturated rings. The zero-order chi connectivity index (χ0) is 17.9. The first-order valence-electron chi connectivity index (χ1n) is 6.93. The van der Waals surface area contributed by atoms with Crippen molar-refractivity contribution in [1.29, 1.82) is 0 Å². The van der Waals surface area contributed by atoms with Gasteiger partial charge in [-0.1, -0.05) is 24.6 Å². The molecule has 2 rings (SSSR count). The molecule has 0 radical (unpaired) electrons. The van der Waals surface area contributed by atoms with Gasteiger partial charge in [-0.05, 0) is 35.9 Å². The van der Waals surface area contributed by atoms with Crippen LogP contribution < -0.4 is 4.74 Å². The van der Waals surface area contributed by atoms with E-state index in [0.29, 0.717) is 5.56 Å². The minimum absolute atomic E-state index is 0.00700. The Labute approximate surface area is 143 Å². The van der Waals surface area contributed by atoms with E-state index in [1.165, 1.54) is 37.3 Å². The van der Waals surface area contributed by atoms with Crippen molar-refractivity contribution in [2.75, 3.05) is 5.75 Å². The largest absolute Gasteiger partial charge is 0.481 e. The zero-order valence-electron chi connectivity index (χ0n) is 12.6. The van der Waals surface area contributed by atoms with E-state index < -0.39 is 21.6 Å². The summed E-state index contributed by atoms with van der Waals surface area (Å²) < 4.78 is 42.8. The molecular weight excluding hydrogens is 359 g/mol. The van der Waals surface area contributed by atoms with Crippen LogP contribution in [0, 0.1) is 5.82 Å². The van der Waals surface area contributed by atoms with Crippen LogP contribution in [0.15, 0.2) is 41.3 Å². The minimum atomic E-state index is -3.42. The Bertz CT molecular complexity index is 880. The van der Waals surface area contributed by atoms with Crippen LogP contribution in [-0.2, 0) is 21.1 Å². The number of rotatable bonds is 6. The standard InChI is InChI=1S/C16H14ClFO5S/c1-2-24(21,22)11-4-6-14(12(17)9-11)23-15-7-10(8-16(19)20)3-5-13(15)18/h3-7,9H,2,8H2,1H3,(H,19,20). The molecule has 2 aromatic carbocycles. The van der Waals surface area contributed by atoms with E-state index in [1.807, 2.05) is 0 Å². The van der Waals surface area contributed by atoms with Crippen LogP contribution in [0.2, 0.25) is 5.02 Å². The molecule has 0 unspecified atom stereocenters. The van der Waals surface area contributed by atoms with Gasteiger partial charge in [-0.25, -0.2) is 12.8 Å². The van der Waals surface area contributed by atoms with Gasteiger partial charge in [-0.3, -0.25) is 4.79 Å². The fourth-order valence-electron chi connectivity index (χ4n) is 1.95. The lowest BCUT2D eigenvalue weighted by Gasteiger charge is -2.11. The molecule has 0 aliphatic carbocycles. The van der Waals surface area contributed by atoms with E-state index in [1.54, 1.807) is 0 Å². The third kappa shape index (κ3) is 4.24. The van der Waals surface area contributed by atoms with Gasteiger partial charge in [-0.2, -0.15) is 0 Å². The zero-order valence-corrected chi connectivity index (χ0v) is 14.2. The molecule has 0 amide bonds. The van der Waals surface area contributed by atoms with Crippen LogP contribution in [0.3, 0.4) is 0 Å². The first kappa shape index (κ1) is 18.2. The summed E-state index contributed by atoms with van der Waals surface area (Å²) in [5.74, 6) is -1.94. The topological polar surface area (TPSA) is 80.7 Å². The van der Waals surface area contributed by atoms with E-state index >= 15 is 0 Å². The Morgan fingerprint density at radius 2 is 1.92 bits per heavy atom. The lowest BCUT2D eigenvalue weighted by Crippen LogP contribution is -2.03. The van der Waals surface area contributed by atoms with Crippen molar-refractivity contribution >= 4 is 27.4 Å². The van der Waals surface area contributed by atoms with Crippen molar-refractivity contribution in [2.24, 2.45) is 0 Å². The van der Waals surface area contributed by atoms with Crippen LogP contribution in [0.25, 0.3) is 0 Å². The molecule has 0 aromatic heterocycles. The molecule has 8 heteroatoms. The predicted molar refractivity (Wildman–Crippen MR) is 87.0 cm³/mol. The van der Waals surface area contributed by atoms with E-state index in [2.05, 4.69) is 0 Å². The molecule has 2 aromatic rings. The van der Waals surface area contributed by atoms with Crippen molar-refractivity contribution in [3.63, 3.8) is 0 Å². The molecule has 5 nitrogen and oxygen atoms in total. The van der Waals surface area contributed by atoms with Gasteiger partial charge in [0.1, 0.15) is 5.75 Å². The normalized spacial score (nSPS) is 11.3. The molecule has 0 saturated carbocycles. The SMILES string of the molecule is CCS(=O)(=O)c1ccc(Oc2cc(CC(=O)O)ccc2F)c(Cl)c1. The van der Waals surface area contributed by atoms with Crippen molar-refractivity contribution in [3.05, 3.63) is 52.8 Å². The third-order valence-corrected chi connectivity index (χ3v) is 5.24. The number of benzene rings is 2. The highest BCUT2D eigenvalue weighted by atomic mass is 35.5. The average Bonchev–Trinajstić information content (AvgIpc) is 2.51. The highest BCUT2D eigenvalue weighted by Gasteiger charge is 2.15. The maximum absolute atomic E-state index is 13.8. The number of carboxylic acid groups (broad SMARTS) is 1. The highest BCUT2D eigenvalue weighted by molar-refractivity contribution is 7.91. The van der Waals surface area contributed by atoms with E-state index in [9.17, 15) is 17.6 Å². The molecule has 0 aliphatic heterocycles. The molecule has 24 heavy (non-hydrogen) atoms. The van der Waals surface area contributed by atoms with Crippen LogP contribution in [0.1, 0.15) is 12.5 Å². The fourth-order valence-corrected chi connectivity index (χ4v) is 3.14. The molecule has 1 N–H and O–H groups in total. The minimum Gasteiger partial charge on any atom is -0.481 e. The molecular formula is C16H14ClFO5S. The Morgan fingerprint density at radius 3 is 2.50 bits per heavy atom. The van der Waals surface area contributed by atoms with Crippen LogP contribution in [0.4, 0.5) is 4.39 Å². The van der Waals surface area contributed by atoms with Gasteiger partial charge in [0.25, 0.3) is 0 Å². The molecule has 0 aliphatic rings. The molecule has 0 saturated heterocycles. The quantitative estimate of drug-likeness (QED) is 0.836. The van der Waals surface area contributed by atoms with Crippen LogP contribution in [-0.4, -0.2) is 25.2 Å². The molecule has 0 spiro atoms. The Balaban J connectivity index is 2.33. The van der Waals surface area contributed by atoms with Gasteiger partial charge >= 0.3 is 5.97 Å². The summed E-state index contributed by atoms with van der Waals surface area (Å²) in [6, 6.07) is 7.57. The number of carboxylic acids is 1. The van der Waals surface area contributed by atoms with Crippen LogP contribution in [0.5, 0.6) is 11.5 Å². The number of sulfone groups is 1. The summed E-state index contributed by atoms with van der Waals surface area (Å²) in [4.78, 5) is 10.8. The second-order valence-corrected chi connectivity index (χ2v) is 7.62. The first-order chi connectivity index (χ1) is 11.2. The van der Waals surface area contributed by atoms with Crippen molar-refractivity contribution in [2.45, 2.75) is 18.2 Å². The van der Waals surface area contributed by atoms with Gasteiger partial charge < -0.3 is 9.84 Å². The van der Waals surface area contributed by atoms with Crippen molar-refractivity contribution < 1.29 is 27.4 Å². The number of carbonyl (C=O) groups is 1. The second kappa shape index (κ2) is 7.19. The third-order valence-electron chi connectivity index (χ3n) is 3.21. The smallest absolute Gasteiger partial charge is 0.307 e. The lowest BCUT2D eigenvalue weighted by atomic mass is 10.1. The summed E-state index contributed by atoms with van der Waals surface area (Å²) >= 11 is 6.01. The number of hydrogen-bond acceptors (Lipinski definition) is 4. The fraction of sp³-hybridized carbons (Fsp3) is 0.188.